The molecule has 24 heavy (non-hydrogen) atoms. The van der Waals surface area contributed by atoms with Crippen LogP contribution in [0.1, 0.15) is 16.1 Å². The molecule has 3 rings (SSSR count). The number of nitrogens with zero attached hydrogens (tertiary/aromatic N) is 3. The smallest absolute Gasteiger partial charge is 0.272 e. The number of anilines is 1. The van der Waals surface area contributed by atoms with Crippen LogP contribution >= 0.6 is 0 Å². The lowest BCUT2D eigenvalue weighted by molar-refractivity contribution is 0.0944. The second-order valence-electron chi connectivity index (χ2n) is 5.41. The number of ether oxygens (including phenoxy) is 2. The number of benzene rings is 1. The average Bonchev–Trinajstić information content (AvgIpc) is 2.67. The fraction of sp³-hybridized carbons (Fsp3) is 0.353. The third-order valence-electron chi connectivity index (χ3n) is 3.81. The van der Waals surface area contributed by atoms with Gasteiger partial charge in [-0.05, 0) is 29.8 Å². The summed E-state index contributed by atoms with van der Waals surface area (Å²) in [5.74, 6) is 1.28. The molecule has 7 nitrogen and oxygen atoms in total. The first-order valence-electron chi connectivity index (χ1n) is 7.84. The first kappa shape index (κ1) is 16.2. The van der Waals surface area contributed by atoms with Crippen LogP contribution in [0.3, 0.4) is 0 Å². The molecule has 0 atom stereocenters. The molecular weight excluding hydrogens is 308 g/mol. The van der Waals surface area contributed by atoms with E-state index in [0.29, 0.717) is 25.5 Å². The highest BCUT2D eigenvalue weighted by Crippen LogP contribution is 2.13. The molecule has 1 amide bonds. The van der Waals surface area contributed by atoms with Crippen LogP contribution in [0, 0.1) is 0 Å². The number of methoxy groups -OCH3 is 1. The van der Waals surface area contributed by atoms with Crippen LogP contribution in [0.4, 0.5) is 5.82 Å². The molecule has 2 heterocycles. The van der Waals surface area contributed by atoms with Crippen LogP contribution in [0.15, 0.2) is 36.4 Å². The van der Waals surface area contributed by atoms with E-state index >= 15 is 0 Å². The Bertz CT molecular complexity index is 684. The highest BCUT2D eigenvalue weighted by molar-refractivity contribution is 5.92. The Morgan fingerprint density at radius 3 is 2.79 bits per heavy atom. The molecule has 2 aromatic rings. The molecule has 1 aromatic carbocycles. The van der Waals surface area contributed by atoms with E-state index in [0.717, 1.165) is 30.2 Å². The van der Waals surface area contributed by atoms with E-state index in [9.17, 15) is 4.79 Å². The normalized spacial score (nSPS) is 14.3. The van der Waals surface area contributed by atoms with Crippen molar-refractivity contribution in [3.63, 3.8) is 0 Å². The Labute approximate surface area is 140 Å². The summed E-state index contributed by atoms with van der Waals surface area (Å²) in [6.07, 6.45) is 0. The third kappa shape index (κ3) is 3.99. The van der Waals surface area contributed by atoms with E-state index in [2.05, 4.69) is 20.4 Å². The summed E-state index contributed by atoms with van der Waals surface area (Å²) in [7, 11) is 1.61. The van der Waals surface area contributed by atoms with Crippen molar-refractivity contribution in [1.82, 2.24) is 15.5 Å². The minimum Gasteiger partial charge on any atom is -0.497 e. The zero-order chi connectivity index (χ0) is 16.8. The van der Waals surface area contributed by atoms with Crippen molar-refractivity contribution in [3.05, 3.63) is 47.7 Å². The topological polar surface area (TPSA) is 76.6 Å². The lowest BCUT2D eigenvalue weighted by atomic mass is 10.2. The number of carbonyl (C=O) groups excluding carboxylic acids is 1. The maximum absolute atomic E-state index is 12.2. The van der Waals surface area contributed by atoms with Crippen LogP contribution in [0.25, 0.3) is 0 Å². The van der Waals surface area contributed by atoms with E-state index in [1.165, 1.54) is 0 Å². The van der Waals surface area contributed by atoms with E-state index in [4.69, 9.17) is 9.47 Å². The van der Waals surface area contributed by atoms with Crippen LogP contribution < -0.4 is 15.0 Å². The minimum absolute atomic E-state index is 0.251. The molecule has 1 aliphatic rings. The Kier molecular flexibility index (Phi) is 5.22. The number of hydrogen-bond acceptors (Lipinski definition) is 6. The summed E-state index contributed by atoms with van der Waals surface area (Å²) in [6.45, 7) is 3.35. The number of carbonyl (C=O) groups is 1. The molecule has 0 bridgehead atoms. The third-order valence-corrected chi connectivity index (χ3v) is 3.81. The SMILES string of the molecule is COc1cccc(CNC(=O)c2ccc(N3CCOCC3)nn2)c1. The number of rotatable bonds is 5. The van der Waals surface area contributed by atoms with Gasteiger partial charge in [-0.2, -0.15) is 0 Å². The van der Waals surface area contributed by atoms with Crippen molar-refractivity contribution < 1.29 is 14.3 Å². The predicted molar refractivity (Wildman–Crippen MR) is 89.2 cm³/mol. The monoisotopic (exact) mass is 328 g/mol. The summed E-state index contributed by atoms with van der Waals surface area (Å²) in [5, 5.41) is 11.0. The standard InChI is InChI=1S/C17H20N4O3/c1-23-14-4-2-3-13(11-14)12-18-17(22)15-5-6-16(20-19-15)21-7-9-24-10-8-21/h2-6,11H,7-10,12H2,1H3,(H,18,22). The number of nitrogens with one attached hydrogen (secondary N) is 1. The van der Waals surface area contributed by atoms with Gasteiger partial charge in [0.1, 0.15) is 5.75 Å². The molecule has 0 aliphatic carbocycles. The van der Waals surface area contributed by atoms with E-state index in [1.54, 1.807) is 13.2 Å². The number of amides is 1. The summed E-state index contributed by atoms with van der Waals surface area (Å²) < 4.78 is 10.5. The van der Waals surface area contributed by atoms with Gasteiger partial charge in [-0.15, -0.1) is 10.2 Å². The molecular formula is C17H20N4O3. The van der Waals surface area contributed by atoms with Crippen molar-refractivity contribution in [3.8, 4) is 5.75 Å². The van der Waals surface area contributed by atoms with Crippen molar-refractivity contribution in [2.75, 3.05) is 38.3 Å². The van der Waals surface area contributed by atoms with Gasteiger partial charge in [0.05, 0.1) is 20.3 Å². The van der Waals surface area contributed by atoms with Gasteiger partial charge in [-0.25, -0.2) is 0 Å². The molecule has 1 fully saturated rings. The molecule has 1 N–H and O–H groups in total. The largest absolute Gasteiger partial charge is 0.497 e. The molecule has 0 saturated carbocycles. The molecule has 1 aromatic heterocycles. The first-order chi connectivity index (χ1) is 11.8. The van der Waals surface area contributed by atoms with Crippen molar-refractivity contribution in [2.45, 2.75) is 6.54 Å². The lowest BCUT2D eigenvalue weighted by Crippen LogP contribution is -2.37. The van der Waals surface area contributed by atoms with Crippen LogP contribution in [-0.2, 0) is 11.3 Å². The summed E-state index contributed by atoms with van der Waals surface area (Å²) >= 11 is 0. The van der Waals surface area contributed by atoms with Crippen molar-refractivity contribution in [2.24, 2.45) is 0 Å². The number of morpholine rings is 1. The second kappa shape index (κ2) is 7.74. The number of hydrogen-bond donors (Lipinski definition) is 1. The van der Waals surface area contributed by atoms with Gasteiger partial charge < -0.3 is 19.7 Å². The van der Waals surface area contributed by atoms with E-state index in [-0.39, 0.29) is 5.91 Å². The zero-order valence-corrected chi connectivity index (χ0v) is 13.6. The zero-order valence-electron chi connectivity index (χ0n) is 13.6. The van der Waals surface area contributed by atoms with Gasteiger partial charge >= 0.3 is 0 Å². The molecule has 1 saturated heterocycles. The lowest BCUT2D eigenvalue weighted by Gasteiger charge is -2.27. The summed E-state index contributed by atoms with van der Waals surface area (Å²) in [5.41, 5.74) is 1.26. The van der Waals surface area contributed by atoms with Gasteiger partial charge in [-0.1, -0.05) is 12.1 Å². The summed E-state index contributed by atoms with van der Waals surface area (Å²) in [6, 6.07) is 11.1. The molecule has 7 heteroatoms. The highest BCUT2D eigenvalue weighted by Gasteiger charge is 2.14. The van der Waals surface area contributed by atoms with Gasteiger partial charge in [0.15, 0.2) is 11.5 Å². The predicted octanol–water partition coefficient (Wildman–Crippen LogP) is 1.25. The van der Waals surface area contributed by atoms with Gasteiger partial charge in [-0.3, -0.25) is 4.79 Å². The Morgan fingerprint density at radius 2 is 2.08 bits per heavy atom. The van der Waals surface area contributed by atoms with E-state index in [1.807, 2.05) is 30.3 Å². The van der Waals surface area contributed by atoms with Gasteiger partial charge in [0.25, 0.3) is 5.91 Å². The van der Waals surface area contributed by atoms with Crippen LogP contribution in [-0.4, -0.2) is 49.5 Å². The molecule has 126 valence electrons. The fourth-order valence-electron chi connectivity index (χ4n) is 2.46. The van der Waals surface area contributed by atoms with Crippen LogP contribution in [0.5, 0.6) is 5.75 Å². The van der Waals surface area contributed by atoms with Gasteiger partial charge in [0, 0.05) is 19.6 Å². The second-order valence-corrected chi connectivity index (χ2v) is 5.41. The van der Waals surface area contributed by atoms with E-state index < -0.39 is 0 Å². The van der Waals surface area contributed by atoms with Crippen LogP contribution in [0.2, 0.25) is 0 Å². The van der Waals surface area contributed by atoms with Crippen molar-refractivity contribution in [1.29, 1.82) is 0 Å². The molecule has 0 radical (unpaired) electrons. The molecule has 0 unspecified atom stereocenters. The molecule has 1 aliphatic heterocycles. The number of aromatic nitrogens is 2. The van der Waals surface area contributed by atoms with Gasteiger partial charge in [0.2, 0.25) is 0 Å². The molecule has 0 spiro atoms. The quantitative estimate of drug-likeness (QED) is 0.890. The highest BCUT2D eigenvalue weighted by atomic mass is 16.5. The Balaban J connectivity index is 1.58. The Morgan fingerprint density at radius 1 is 1.25 bits per heavy atom. The summed E-state index contributed by atoms with van der Waals surface area (Å²) in [4.78, 5) is 14.3. The minimum atomic E-state index is -0.251. The maximum Gasteiger partial charge on any atom is 0.272 e. The fourth-order valence-corrected chi connectivity index (χ4v) is 2.46. The maximum atomic E-state index is 12.2. The first-order valence-corrected chi connectivity index (χ1v) is 7.84. The van der Waals surface area contributed by atoms with Crippen molar-refractivity contribution >= 4 is 11.7 Å². The Hall–Kier alpha value is -2.67. The average molecular weight is 328 g/mol.